The van der Waals surface area contributed by atoms with E-state index in [1.54, 1.807) is 24.4 Å². The molecule has 30 heavy (non-hydrogen) atoms. The zero-order valence-electron chi connectivity index (χ0n) is 15.6. The summed E-state index contributed by atoms with van der Waals surface area (Å²) in [4.78, 5) is 20.4. The van der Waals surface area contributed by atoms with Crippen LogP contribution < -0.4 is 5.32 Å². The summed E-state index contributed by atoms with van der Waals surface area (Å²) >= 11 is 0. The van der Waals surface area contributed by atoms with Crippen LogP contribution in [0.3, 0.4) is 0 Å². The first kappa shape index (κ1) is 19.6. The molecule has 0 aliphatic carbocycles. The zero-order valence-corrected chi connectivity index (χ0v) is 15.6. The van der Waals surface area contributed by atoms with Crippen LogP contribution in [0.4, 0.5) is 13.2 Å². The number of rotatable bonds is 4. The van der Waals surface area contributed by atoms with Crippen molar-refractivity contribution in [2.75, 3.05) is 0 Å². The maximum absolute atomic E-state index is 12.8. The number of nitrogens with one attached hydrogen (secondary N) is 1. The molecular weight excluding hydrogens is 391 g/mol. The number of alkyl halides is 3. The third-order valence-corrected chi connectivity index (χ3v) is 4.74. The van der Waals surface area contributed by atoms with Gasteiger partial charge >= 0.3 is 6.18 Å². The van der Waals surface area contributed by atoms with Crippen LogP contribution in [0.2, 0.25) is 0 Å². The van der Waals surface area contributed by atoms with Gasteiger partial charge in [-0.25, -0.2) is 9.97 Å². The van der Waals surface area contributed by atoms with Crippen LogP contribution in [0, 0.1) is 0 Å². The summed E-state index contributed by atoms with van der Waals surface area (Å²) in [6.45, 7) is 0.283. The monoisotopic (exact) mass is 407 g/mol. The van der Waals surface area contributed by atoms with Gasteiger partial charge in [0, 0.05) is 11.8 Å². The number of benzene rings is 3. The van der Waals surface area contributed by atoms with Crippen molar-refractivity contribution in [1.29, 1.82) is 0 Å². The van der Waals surface area contributed by atoms with E-state index in [0.29, 0.717) is 16.8 Å². The van der Waals surface area contributed by atoms with Crippen molar-refractivity contribution in [2.45, 2.75) is 12.7 Å². The van der Waals surface area contributed by atoms with Gasteiger partial charge in [-0.05, 0) is 52.2 Å². The summed E-state index contributed by atoms with van der Waals surface area (Å²) in [5.74, 6) is -0.240. The second-order valence-electron chi connectivity index (χ2n) is 6.70. The van der Waals surface area contributed by atoms with Crippen molar-refractivity contribution < 1.29 is 18.0 Å². The fraction of sp³-hybridized carbons (Fsp3) is 0.0870. The van der Waals surface area contributed by atoms with Crippen LogP contribution in [0.25, 0.3) is 21.9 Å². The largest absolute Gasteiger partial charge is 0.416 e. The van der Waals surface area contributed by atoms with E-state index in [0.717, 1.165) is 28.5 Å². The highest BCUT2D eigenvalue weighted by Crippen LogP contribution is 2.33. The van der Waals surface area contributed by atoms with E-state index >= 15 is 0 Å². The van der Waals surface area contributed by atoms with Gasteiger partial charge in [0.15, 0.2) is 0 Å². The Balaban J connectivity index is 1.60. The fourth-order valence-electron chi connectivity index (χ4n) is 3.21. The van der Waals surface area contributed by atoms with E-state index in [-0.39, 0.29) is 12.5 Å². The molecule has 0 saturated carbocycles. The molecule has 1 aromatic heterocycles. The lowest BCUT2D eigenvalue weighted by molar-refractivity contribution is -0.137. The molecule has 0 aliphatic rings. The quantitative estimate of drug-likeness (QED) is 0.503. The average Bonchev–Trinajstić information content (AvgIpc) is 2.77. The van der Waals surface area contributed by atoms with Crippen molar-refractivity contribution in [2.24, 2.45) is 0 Å². The topological polar surface area (TPSA) is 54.9 Å². The molecule has 4 rings (SSSR count). The van der Waals surface area contributed by atoms with Gasteiger partial charge in [0.2, 0.25) is 0 Å². The van der Waals surface area contributed by atoms with Gasteiger partial charge < -0.3 is 5.32 Å². The Labute approximate surface area is 170 Å². The number of hydrogen-bond acceptors (Lipinski definition) is 3. The molecule has 1 N–H and O–H groups in total. The van der Waals surface area contributed by atoms with E-state index in [1.807, 2.05) is 24.3 Å². The molecule has 0 fully saturated rings. The van der Waals surface area contributed by atoms with Crippen LogP contribution in [0.15, 0.2) is 79.3 Å². The number of halogens is 3. The molecule has 0 aliphatic heterocycles. The summed E-state index contributed by atoms with van der Waals surface area (Å²) in [6, 6.07) is 17.6. The molecule has 1 amide bonds. The minimum atomic E-state index is -4.37. The van der Waals surface area contributed by atoms with Crippen LogP contribution in [-0.4, -0.2) is 15.9 Å². The number of aromatic nitrogens is 2. The van der Waals surface area contributed by atoms with E-state index in [1.165, 1.54) is 18.5 Å². The maximum Gasteiger partial charge on any atom is 0.416 e. The molecule has 0 atom stereocenters. The Kier molecular flexibility index (Phi) is 5.18. The lowest BCUT2D eigenvalue weighted by Gasteiger charge is -2.11. The molecule has 3 aromatic carbocycles. The molecule has 0 unspecified atom stereocenters. The summed E-state index contributed by atoms with van der Waals surface area (Å²) in [5.41, 5.74) is 1.97. The fourth-order valence-corrected chi connectivity index (χ4v) is 3.21. The highest BCUT2D eigenvalue weighted by molar-refractivity contribution is 6.02. The van der Waals surface area contributed by atoms with Gasteiger partial charge in [-0.2, -0.15) is 13.2 Å². The number of carbonyl (C=O) groups excluding carboxylic acids is 1. The molecular formula is C23H16F3N3O. The summed E-state index contributed by atoms with van der Waals surface area (Å²) < 4.78 is 38.5. The normalized spacial score (nSPS) is 11.4. The van der Waals surface area contributed by atoms with Gasteiger partial charge in [-0.1, -0.05) is 36.4 Å². The van der Waals surface area contributed by atoms with Crippen molar-refractivity contribution in [1.82, 2.24) is 15.3 Å². The first-order chi connectivity index (χ1) is 14.4. The lowest BCUT2D eigenvalue weighted by Crippen LogP contribution is -2.23. The molecule has 7 heteroatoms. The highest BCUT2D eigenvalue weighted by Gasteiger charge is 2.30. The lowest BCUT2D eigenvalue weighted by atomic mass is 9.96. The number of fused-ring (bicyclic) bond motifs is 1. The summed E-state index contributed by atoms with van der Waals surface area (Å²) in [6.07, 6.45) is -1.35. The van der Waals surface area contributed by atoms with Crippen molar-refractivity contribution in [3.05, 3.63) is 96.1 Å². The first-order valence-electron chi connectivity index (χ1n) is 9.15. The Hall–Kier alpha value is -3.74. The number of nitrogens with zero attached hydrogens (tertiary/aromatic N) is 2. The SMILES string of the molecule is O=C(NCc1ccncn1)c1ccc2c(-c3ccc(C(F)(F)F)cc3)cccc2c1. The minimum Gasteiger partial charge on any atom is -0.346 e. The first-order valence-corrected chi connectivity index (χ1v) is 9.15. The Morgan fingerprint density at radius 2 is 1.77 bits per heavy atom. The van der Waals surface area contributed by atoms with E-state index in [9.17, 15) is 18.0 Å². The standard InChI is InChI=1S/C23H16F3N3O/c24-23(25,26)18-7-4-15(5-8-18)20-3-1-2-16-12-17(6-9-21(16)20)22(30)28-13-19-10-11-27-14-29-19/h1-12,14H,13H2,(H,28,30). The molecule has 0 saturated heterocycles. The Morgan fingerprint density at radius 1 is 0.967 bits per heavy atom. The molecule has 150 valence electrons. The van der Waals surface area contributed by atoms with Crippen molar-refractivity contribution >= 4 is 16.7 Å². The highest BCUT2D eigenvalue weighted by atomic mass is 19.4. The van der Waals surface area contributed by atoms with Crippen molar-refractivity contribution in [3.63, 3.8) is 0 Å². The Morgan fingerprint density at radius 3 is 2.47 bits per heavy atom. The van der Waals surface area contributed by atoms with Crippen LogP contribution in [0.1, 0.15) is 21.6 Å². The van der Waals surface area contributed by atoms with E-state index in [4.69, 9.17) is 0 Å². The zero-order chi connectivity index (χ0) is 21.1. The van der Waals surface area contributed by atoms with Gasteiger partial charge in [-0.15, -0.1) is 0 Å². The minimum absolute atomic E-state index is 0.240. The molecule has 4 nitrogen and oxygen atoms in total. The second kappa shape index (κ2) is 7.94. The van der Waals surface area contributed by atoms with Gasteiger partial charge in [-0.3, -0.25) is 4.79 Å². The second-order valence-corrected chi connectivity index (χ2v) is 6.70. The molecule has 4 aromatic rings. The number of amides is 1. The van der Waals surface area contributed by atoms with Crippen LogP contribution in [0.5, 0.6) is 0 Å². The van der Waals surface area contributed by atoms with Crippen molar-refractivity contribution in [3.8, 4) is 11.1 Å². The third kappa shape index (κ3) is 4.15. The van der Waals surface area contributed by atoms with Gasteiger partial charge in [0.25, 0.3) is 5.91 Å². The average molecular weight is 407 g/mol. The Bertz CT molecular complexity index is 1190. The predicted octanol–water partition coefficient (Wildman–Crippen LogP) is 5.25. The number of hydrogen-bond donors (Lipinski definition) is 1. The van der Waals surface area contributed by atoms with E-state index in [2.05, 4.69) is 15.3 Å². The molecule has 0 radical (unpaired) electrons. The van der Waals surface area contributed by atoms with Gasteiger partial charge in [0.05, 0.1) is 17.8 Å². The third-order valence-electron chi connectivity index (χ3n) is 4.74. The predicted molar refractivity (Wildman–Crippen MR) is 108 cm³/mol. The molecule has 0 spiro atoms. The number of carbonyl (C=O) groups is 1. The van der Waals surface area contributed by atoms with Gasteiger partial charge in [0.1, 0.15) is 6.33 Å². The molecule has 0 bridgehead atoms. The smallest absolute Gasteiger partial charge is 0.346 e. The maximum atomic E-state index is 12.8. The van der Waals surface area contributed by atoms with Crippen LogP contribution >= 0.6 is 0 Å². The summed E-state index contributed by atoms with van der Waals surface area (Å²) in [7, 11) is 0. The van der Waals surface area contributed by atoms with E-state index < -0.39 is 11.7 Å². The van der Waals surface area contributed by atoms with Crippen LogP contribution in [-0.2, 0) is 12.7 Å². The molecule has 1 heterocycles. The summed E-state index contributed by atoms with van der Waals surface area (Å²) in [5, 5.41) is 4.48.